The summed E-state index contributed by atoms with van der Waals surface area (Å²) in [7, 11) is 0. The molecule has 0 radical (unpaired) electrons. The number of rotatable bonds is 9. The summed E-state index contributed by atoms with van der Waals surface area (Å²) in [4.78, 5) is 60.3. The van der Waals surface area contributed by atoms with Gasteiger partial charge in [-0.05, 0) is 35.2 Å². The minimum absolute atomic E-state index is 0.0196. The molecule has 6 N–H and O–H groups in total. The smallest absolute Gasteiger partial charge is 0.412 e. The predicted molar refractivity (Wildman–Crippen MR) is 176 cm³/mol. The van der Waals surface area contributed by atoms with Gasteiger partial charge >= 0.3 is 18.3 Å². The number of amides is 4. The summed E-state index contributed by atoms with van der Waals surface area (Å²) < 4.78 is 5.38. The third-order valence-corrected chi connectivity index (χ3v) is 7.70. The molecule has 14 heteroatoms. The number of ether oxygens (including phenoxy) is 1. The van der Waals surface area contributed by atoms with E-state index in [1.54, 1.807) is 37.3 Å². The maximum absolute atomic E-state index is 13.9. The quantitative estimate of drug-likeness (QED) is 0.145. The van der Waals surface area contributed by atoms with Gasteiger partial charge in [-0.2, -0.15) is 0 Å². The molecule has 0 unspecified atom stereocenters. The van der Waals surface area contributed by atoms with Crippen LogP contribution in [0.1, 0.15) is 28.5 Å². The number of anilines is 3. The molecule has 1 saturated heterocycles. The molecule has 4 aromatic rings. The van der Waals surface area contributed by atoms with E-state index in [0.29, 0.717) is 28.8 Å². The monoisotopic (exact) mass is 639 g/mol. The van der Waals surface area contributed by atoms with E-state index in [0.717, 1.165) is 11.1 Å². The lowest BCUT2D eigenvalue weighted by Gasteiger charge is -2.43. The Morgan fingerprint density at radius 3 is 2.47 bits per heavy atom. The van der Waals surface area contributed by atoms with Gasteiger partial charge in [0.2, 0.25) is 0 Å². The number of pyridine rings is 2. The molecule has 14 nitrogen and oxygen atoms in total. The van der Waals surface area contributed by atoms with Gasteiger partial charge in [-0.15, -0.1) is 0 Å². The van der Waals surface area contributed by atoms with E-state index in [-0.39, 0.29) is 30.5 Å². The summed E-state index contributed by atoms with van der Waals surface area (Å²) in [6.45, 7) is 6.06. The normalized spacial score (nSPS) is 17.3. The van der Waals surface area contributed by atoms with Gasteiger partial charge in [0.05, 0.1) is 40.9 Å². The number of nitrogens with zero attached hydrogens (tertiary/aromatic N) is 3. The second kappa shape index (κ2) is 14.3. The first-order chi connectivity index (χ1) is 22.6. The molecule has 4 amide bonds. The lowest BCUT2D eigenvalue weighted by atomic mass is 9.89. The molecule has 2 aromatic heterocycles. The van der Waals surface area contributed by atoms with Crippen LogP contribution in [0, 0.1) is 5.92 Å². The molecular weight excluding hydrogens is 606 g/mol. The van der Waals surface area contributed by atoms with E-state index in [4.69, 9.17) is 4.74 Å². The Bertz CT molecular complexity index is 1820. The number of benzene rings is 2. The zero-order valence-electron chi connectivity index (χ0n) is 25.3. The first-order valence-corrected chi connectivity index (χ1v) is 14.7. The zero-order chi connectivity index (χ0) is 33.5. The maximum atomic E-state index is 13.9. The van der Waals surface area contributed by atoms with Gasteiger partial charge in [-0.25, -0.2) is 19.4 Å². The van der Waals surface area contributed by atoms with E-state index in [1.165, 1.54) is 12.4 Å². The van der Waals surface area contributed by atoms with Crippen LogP contribution < -0.4 is 26.2 Å². The minimum Gasteiger partial charge on any atom is -0.465 e. The third-order valence-electron chi connectivity index (χ3n) is 7.70. The average Bonchev–Trinajstić information content (AvgIpc) is 3.05. The number of carboxylic acid groups (broad SMARTS) is 2. The van der Waals surface area contributed by atoms with Crippen molar-refractivity contribution in [1.82, 2.24) is 20.6 Å². The van der Waals surface area contributed by atoms with E-state index >= 15 is 0 Å². The van der Waals surface area contributed by atoms with Gasteiger partial charge in [-0.1, -0.05) is 62.0 Å². The fourth-order valence-corrected chi connectivity index (χ4v) is 5.55. The van der Waals surface area contributed by atoms with Gasteiger partial charge < -0.3 is 35.8 Å². The van der Waals surface area contributed by atoms with Crippen molar-refractivity contribution in [2.45, 2.75) is 25.6 Å². The summed E-state index contributed by atoms with van der Waals surface area (Å²) in [6, 6.07) is 16.4. The maximum Gasteiger partial charge on any atom is 0.412 e. The first kappa shape index (κ1) is 32.2. The van der Waals surface area contributed by atoms with E-state index in [2.05, 4.69) is 37.8 Å². The lowest BCUT2D eigenvalue weighted by molar-refractivity contribution is 0.102. The van der Waals surface area contributed by atoms with Crippen molar-refractivity contribution in [3.63, 3.8) is 0 Å². The van der Waals surface area contributed by atoms with E-state index in [1.807, 2.05) is 41.3 Å². The van der Waals surface area contributed by atoms with Crippen LogP contribution >= 0.6 is 0 Å². The van der Waals surface area contributed by atoms with Gasteiger partial charge in [0, 0.05) is 24.7 Å². The first-order valence-electron chi connectivity index (χ1n) is 14.7. The highest BCUT2D eigenvalue weighted by Crippen LogP contribution is 2.31. The summed E-state index contributed by atoms with van der Waals surface area (Å²) in [5, 5.41) is 29.7. The van der Waals surface area contributed by atoms with Crippen molar-refractivity contribution in [3.05, 3.63) is 96.5 Å². The highest BCUT2D eigenvalue weighted by Gasteiger charge is 2.37. The summed E-state index contributed by atoms with van der Waals surface area (Å²) in [5.41, 5.74) is 2.91. The van der Waals surface area contributed by atoms with Crippen LogP contribution in [-0.4, -0.2) is 69.5 Å². The van der Waals surface area contributed by atoms with Crippen molar-refractivity contribution in [3.8, 4) is 0 Å². The number of fused-ring (bicyclic) bond motifs is 1. The second-order valence-corrected chi connectivity index (χ2v) is 11.0. The molecule has 1 aliphatic rings. The molecule has 242 valence electrons. The minimum atomic E-state index is -1.30. The molecule has 1 aliphatic heterocycles. The van der Waals surface area contributed by atoms with Crippen LogP contribution in [0.25, 0.3) is 17.0 Å². The molecule has 2 aromatic carbocycles. The molecule has 5 rings (SSSR count). The van der Waals surface area contributed by atoms with E-state index in [9.17, 15) is 29.4 Å². The summed E-state index contributed by atoms with van der Waals surface area (Å²) >= 11 is 0. The molecule has 0 aliphatic carbocycles. The highest BCUT2D eigenvalue weighted by atomic mass is 16.5. The number of piperidine rings is 1. The van der Waals surface area contributed by atoms with Crippen molar-refractivity contribution in [2.24, 2.45) is 5.92 Å². The number of carbonyl (C=O) groups is 4. The Balaban J connectivity index is 1.43. The SMILES string of the molecule is C=Cc1ccc2cc(NC(=O)OCc3ccccc3)c(C(=O)Nc3cnccc3N3C[C@H](C)[C@H](NC(=O)O)[C@H](NC(=O)O)C3)nc2c1. The number of nitrogens with one attached hydrogen (secondary N) is 4. The fourth-order valence-electron chi connectivity index (χ4n) is 5.55. The van der Waals surface area contributed by atoms with E-state index < -0.39 is 36.3 Å². The number of aromatic nitrogens is 2. The second-order valence-electron chi connectivity index (χ2n) is 11.0. The Hall–Kier alpha value is -6.18. The Morgan fingerprint density at radius 1 is 0.979 bits per heavy atom. The van der Waals surface area contributed by atoms with Crippen molar-refractivity contribution >= 4 is 58.2 Å². The van der Waals surface area contributed by atoms with Gasteiger partial charge in [0.1, 0.15) is 6.61 Å². The summed E-state index contributed by atoms with van der Waals surface area (Å²) in [5.74, 6) is -0.966. The molecule has 47 heavy (non-hydrogen) atoms. The van der Waals surface area contributed by atoms with Crippen molar-refractivity contribution < 1.29 is 34.1 Å². The summed E-state index contributed by atoms with van der Waals surface area (Å²) in [6.07, 6.45) is 1.28. The van der Waals surface area contributed by atoms with Crippen LogP contribution in [0.2, 0.25) is 0 Å². The highest BCUT2D eigenvalue weighted by molar-refractivity contribution is 6.11. The van der Waals surface area contributed by atoms with Crippen molar-refractivity contribution in [2.75, 3.05) is 28.6 Å². The molecule has 3 atom stereocenters. The van der Waals surface area contributed by atoms with Crippen molar-refractivity contribution in [1.29, 1.82) is 0 Å². The molecule has 3 heterocycles. The molecule has 0 saturated carbocycles. The Kier molecular flexibility index (Phi) is 9.79. The number of hydrogen-bond acceptors (Lipinski definition) is 8. The standard InChI is InChI=1S/C33H33N7O7/c1-3-20-9-10-22-14-24(38-33(46)47-18-21-7-5-4-6-8-21)29(35-23(22)13-20)30(41)36-25-15-34-12-11-27(25)40-16-19(2)28(39-32(44)45)26(17-40)37-31(42)43/h3-15,19,26,28,37,39H,1,16-18H2,2H3,(H,36,41)(H,38,46)(H,42,43)(H,44,45)/t19-,26+,28-/m0/s1. The third kappa shape index (κ3) is 7.92. The number of hydrogen-bond donors (Lipinski definition) is 6. The van der Waals surface area contributed by atoms with Gasteiger partial charge in [0.25, 0.3) is 5.91 Å². The van der Waals surface area contributed by atoms with Crippen LogP contribution in [0.4, 0.5) is 31.4 Å². The Labute approximate surface area is 269 Å². The zero-order valence-corrected chi connectivity index (χ0v) is 25.3. The van der Waals surface area contributed by atoms with Gasteiger partial charge in [0.15, 0.2) is 5.69 Å². The largest absolute Gasteiger partial charge is 0.465 e. The van der Waals surface area contributed by atoms with Crippen LogP contribution in [-0.2, 0) is 11.3 Å². The Morgan fingerprint density at radius 2 is 1.74 bits per heavy atom. The van der Waals surface area contributed by atoms with Crippen LogP contribution in [0.15, 0.2) is 79.6 Å². The van der Waals surface area contributed by atoms with Gasteiger partial charge in [-0.3, -0.25) is 15.1 Å². The van der Waals surface area contributed by atoms with Crippen LogP contribution in [0.5, 0.6) is 0 Å². The molecule has 0 spiro atoms. The topological polar surface area (TPSA) is 195 Å². The van der Waals surface area contributed by atoms with Crippen LogP contribution in [0.3, 0.4) is 0 Å². The predicted octanol–water partition coefficient (Wildman–Crippen LogP) is 5.00. The lowest BCUT2D eigenvalue weighted by Crippen LogP contribution is -2.64. The average molecular weight is 640 g/mol. The number of carbonyl (C=O) groups excluding carboxylic acids is 2. The molecular formula is C33H33N7O7. The molecule has 1 fully saturated rings. The fraction of sp³-hybridized carbons (Fsp3) is 0.212. The molecule has 0 bridgehead atoms.